The molecule has 122 valence electrons. The van der Waals surface area contributed by atoms with Gasteiger partial charge in [-0.2, -0.15) is 0 Å². The van der Waals surface area contributed by atoms with Crippen LogP contribution in [0, 0.1) is 16.0 Å². The molecule has 0 radical (unpaired) electrons. The molecule has 0 amide bonds. The predicted octanol–water partition coefficient (Wildman–Crippen LogP) is 3.66. The van der Waals surface area contributed by atoms with Crippen molar-refractivity contribution in [1.29, 1.82) is 0 Å². The van der Waals surface area contributed by atoms with Crippen LogP contribution in [-0.2, 0) is 9.53 Å². The van der Waals surface area contributed by atoms with Gasteiger partial charge in [0.15, 0.2) is 6.10 Å². The van der Waals surface area contributed by atoms with E-state index in [2.05, 4.69) is 9.97 Å². The Labute approximate surface area is 133 Å². The number of nitrogens with zero attached hydrogens (tertiary/aromatic N) is 2. The van der Waals surface area contributed by atoms with Crippen molar-refractivity contribution in [2.45, 2.75) is 45.1 Å². The van der Waals surface area contributed by atoms with Crippen molar-refractivity contribution in [3.05, 3.63) is 34.1 Å². The number of nitro benzene ring substituents is 1. The molecule has 0 unspecified atom stereocenters. The number of ether oxygens (including phenoxy) is 1. The number of rotatable bonds is 4. The Morgan fingerprint density at radius 1 is 1.39 bits per heavy atom. The minimum Gasteiger partial charge on any atom is -0.454 e. The molecule has 1 fully saturated rings. The van der Waals surface area contributed by atoms with E-state index in [9.17, 15) is 14.9 Å². The van der Waals surface area contributed by atoms with Gasteiger partial charge < -0.3 is 9.72 Å². The molecule has 0 saturated heterocycles. The molecule has 1 aliphatic rings. The van der Waals surface area contributed by atoms with Crippen molar-refractivity contribution >= 4 is 22.7 Å². The summed E-state index contributed by atoms with van der Waals surface area (Å²) in [6.45, 7) is 1.76. The van der Waals surface area contributed by atoms with Crippen LogP contribution in [0.3, 0.4) is 0 Å². The van der Waals surface area contributed by atoms with E-state index in [-0.39, 0.29) is 17.6 Å². The standard InChI is InChI=1S/C16H19N3O4/c1-10(23-16(20)11-5-3-2-4-6-11)15-17-13-8-7-12(19(21)22)9-14(13)18-15/h7-11H,2-6H2,1H3,(H,17,18)/t10-/m0/s1. The summed E-state index contributed by atoms with van der Waals surface area (Å²) in [5, 5.41) is 10.8. The molecule has 3 rings (SSSR count). The van der Waals surface area contributed by atoms with Gasteiger partial charge in [0.25, 0.3) is 5.69 Å². The molecule has 1 atom stereocenters. The summed E-state index contributed by atoms with van der Waals surface area (Å²) in [6.07, 6.45) is 4.60. The fourth-order valence-electron chi connectivity index (χ4n) is 2.99. The van der Waals surface area contributed by atoms with Gasteiger partial charge in [-0.1, -0.05) is 19.3 Å². The molecule has 1 heterocycles. The molecule has 23 heavy (non-hydrogen) atoms. The highest BCUT2D eigenvalue weighted by molar-refractivity contribution is 5.78. The molecular formula is C16H19N3O4. The van der Waals surface area contributed by atoms with Crippen molar-refractivity contribution in [2.75, 3.05) is 0 Å². The van der Waals surface area contributed by atoms with E-state index in [4.69, 9.17) is 4.74 Å². The van der Waals surface area contributed by atoms with Crippen molar-refractivity contribution in [3.63, 3.8) is 0 Å². The first kappa shape index (κ1) is 15.5. The molecule has 1 aliphatic carbocycles. The summed E-state index contributed by atoms with van der Waals surface area (Å²) in [6, 6.07) is 4.43. The number of aromatic amines is 1. The summed E-state index contributed by atoms with van der Waals surface area (Å²) in [5.41, 5.74) is 1.18. The molecule has 7 heteroatoms. The lowest BCUT2D eigenvalue weighted by Gasteiger charge is -2.21. The third kappa shape index (κ3) is 3.33. The Bertz CT molecular complexity index is 734. The fourth-order valence-corrected chi connectivity index (χ4v) is 2.99. The van der Waals surface area contributed by atoms with Crippen LogP contribution >= 0.6 is 0 Å². The minimum absolute atomic E-state index is 0.000413. The monoisotopic (exact) mass is 317 g/mol. The van der Waals surface area contributed by atoms with E-state index in [1.165, 1.54) is 18.6 Å². The number of aromatic nitrogens is 2. The maximum atomic E-state index is 12.2. The third-order valence-electron chi connectivity index (χ3n) is 4.31. The number of esters is 1. The van der Waals surface area contributed by atoms with Gasteiger partial charge in [0, 0.05) is 12.1 Å². The zero-order chi connectivity index (χ0) is 16.4. The molecule has 0 aliphatic heterocycles. The maximum absolute atomic E-state index is 12.2. The van der Waals surface area contributed by atoms with Crippen LogP contribution in [0.25, 0.3) is 11.0 Å². The van der Waals surface area contributed by atoms with Crippen LogP contribution in [0.5, 0.6) is 0 Å². The van der Waals surface area contributed by atoms with Gasteiger partial charge in [-0.05, 0) is 25.8 Å². The fraction of sp³-hybridized carbons (Fsp3) is 0.500. The Morgan fingerprint density at radius 3 is 2.83 bits per heavy atom. The SMILES string of the molecule is C[C@H](OC(=O)C1CCCCC1)c1nc2ccc([N+](=O)[O-])cc2[nH]1. The molecule has 1 aromatic heterocycles. The quantitative estimate of drug-likeness (QED) is 0.527. The smallest absolute Gasteiger partial charge is 0.309 e. The Morgan fingerprint density at radius 2 is 2.13 bits per heavy atom. The molecule has 1 N–H and O–H groups in total. The number of nitrogens with one attached hydrogen (secondary N) is 1. The predicted molar refractivity (Wildman–Crippen MR) is 83.8 cm³/mol. The van der Waals surface area contributed by atoms with Crippen molar-refractivity contribution in [3.8, 4) is 0 Å². The lowest BCUT2D eigenvalue weighted by atomic mass is 9.89. The van der Waals surface area contributed by atoms with Crippen LogP contribution in [0.1, 0.15) is 51.0 Å². The number of fused-ring (bicyclic) bond motifs is 1. The Kier molecular flexibility index (Phi) is 4.27. The first-order valence-corrected chi connectivity index (χ1v) is 7.89. The molecule has 1 aromatic carbocycles. The number of H-pyrrole nitrogens is 1. The van der Waals surface area contributed by atoms with Crippen LogP contribution in [0.2, 0.25) is 0 Å². The molecule has 0 bridgehead atoms. The van der Waals surface area contributed by atoms with E-state index in [0.717, 1.165) is 25.7 Å². The molecule has 0 spiro atoms. The summed E-state index contributed by atoms with van der Waals surface area (Å²) in [4.78, 5) is 29.9. The highest BCUT2D eigenvalue weighted by Gasteiger charge is 2.25. The zero-order valence-corrected chi connectivity index (χ0v) is 12.9. The zero-order valence-electron chi connectivity index (χ0n) is 12.9. The topological polar surface area (TPSA) is 98.1 Å². The van der Waals surface area contributed by atoms with Crippen LogP contribution < -0.4 is 0 Å². The number of imidazole rings is 1. The van der Waals surface area contributed by atoms with Crippen LogP contribution in [0.15, 0.2) is 18.2 Å². The number of carbonyl (C=O) groups is 1. The van der Waals surface area contributed by atoms with Gasteiger partial charge in [-0.3, -0.25) is 14.9 Å². The summed E-state index contributed by atoms with van der Waals surface area (Å²) in [7, 11) is 0. The number of hydrogen-bond acceptors (Lipinski definition) is 5. The number of benzene rings is 1. The largest absolute Gasteiger partial charge is 0.454 e. The summed E-state index contributed by atoms with van der Waals surface area (Å²) in [5.74, 6) is 0.310. The van der Waals surface area contributed by atoms with E-state index >= 15 is 0 Å². The molecule has 2 aromatic rings. The third-order valence-corrected chi connectivity index (χ3v) is 4.31. The second kappa shape index (κ2) is 6.36. The highest BCUT2D eigenvalue weighted by Crippen LogP contribution is 2.28. The first-order chi connectivity index (χ1) is 11.0. The van der Waals surface area contributed by atoms with E-state index in [1.54, 1.807) is 13.0 Å². The second-order valence-electron chi connectivity index (χ2n) is 5.99. The van der Waals surface area contributed by atoms with Crippen LogP contribution in [-0.4, -0.2) is 20.9 Å². The van der Waals surface area contributed by atoms with Gasteiger partial charge >= 0.3 is 5.97 Å². The van der Waals surface area contributed by atoms with Crippen molar-refractivity contribution < 1.29 is 14.5 Å². The van der Waals surface area contributed by atoms with Crippen molar-refractivity contribution in [1.82, 2.24) is 9.97 Å². The van der Waals surface area contributed by atoms with E-state index < -0.39 is 11.0 Å². The van der Waals surface area contributed by atoms with Gasteiger partial charge in [0.2, 0.25) is 0 Å². The minimum atomic E-state index is -0.504. The van der Waals surface area contributed by atoms with Crippen LogP contribution in [0.4, 0.5) is 5.69 Å². The molecule has 1 saturated carbocycles. The van der Waals surface area contributed by atoms with Crippen molar-refractivity contribution in [2.24, 2.45) is 5.92 Å². The Hall–Kier alpha value is -2.44. The lowest BCUT2D eigenvalue weighted by molar-refractivity contribution is -0.384. The first-order valence-electron chi connectivity index (χ1n) is 7.89. The van der Waals surface area contributed by atoms with Gasteiger partial charge in [-0.25, -0.2) is 4.98 Å². The van der Waals surface area contributed by atoms with Gasteiger partial charge in [0.05, 0.1) is 21.9 Å². The van der Waals surface area contributed by atoms with Gasteiger partial charge in [0.1, 0.15) is 5.82 Å². The Balaban J connectivity index is 1.73. The molecule has 7 nitrogen and oxygen atoms in total. The van der Waals surface area contributed by atoms with E-state index in [1.807, 2.05) is 0 Å². The normalized spacial score (nSPS) is 17.1. The van der Waals surface area contributed by atoms with Gasteiger partial charge in [-0.15, -0.1) is 0 Å². The summed E-state index contributed by atoms with van der Waals surface area (Å²) >= 11 is 0. The maximum Gasteiger partial charge on any atom is 0.309 e. The van der Waals surface area contributed by atoms with E-state index in [0.29, 0.717) is 16.9 Å². The average Bonchev–Trinajstić information content (AvgIpc) is 2.98. The number of carbonyl (C=O) groups excluding carboxylic acids is 1. The second-order valence-corrected chi connectivity index (χ2v) is 5.99. The number of hydrogen-bond donors (Lipinski definition) is 1. The number of nitro groups is 1. The lowest BCUT2D eigenvalue weighted by Crippen LogP contribution is -2.22. The number of non-ortho nitro benzene ring substituents is 1. The highest BCUT2D eigenvalue weighted by atomic mass is 16.6. The molecular weight excluding hydrogens is 298 g/mol. The average molecular weight is 317 g/mol. The summed E-state index contributed by atoms with van der Waals surface area (Å²) < 4.78 is 5.52.